The van der Waals surface area contributed by atoms with E-state index in [0.717, 1.165) is 30.8 Å². The summed E-state index contributed by atoms with van der Waals surface area (Å²) in [7, 11) is 3.33. The number of anilines is 4. The third-order valence-electron chi connectivity index (χ3n) is 5.84. The Morgan fingerprint density at radius 2 is 2.07 bits per heavy atom. The summed E-state index contributed by atoms with van der Waals surface area (Å²) in [6.07, 6.45) is 6.94. The first-order chi connectivity index (χ1) is 14.0. The molecule has 2 aliphatic rings. The highest BCUT2D eigenvalue weighted by atomic mass is 16.5. The van der Waals surface area contributed by atoms with Gasteiger partial charge in [0.1, 0.15) is 23.2 Å². The zero-order valence-electron chi connectivity index (χ0n) is 17.1. The Labute approximate surface area is 170 Å². The fourth-order valence-corrected chi connectivity index (χ4v) is 4.35. The van der Waals surface area contributed by atoms with E-state index >= 15 is 0 Å². The molecule has 2 heterocycles. The Bertz CT molecular complexity index is 913. The number of aromatic hydroxyl groups is 1. The Morgan fingerprint density at radius 3 is 2.76 bits per heavy atom. The summed E-state index contributed by atoms with van der Waals surface area (Å²) >= 11 is 0. The van der Waals surface area contributed by atoms with Crippen molar-refractivity contribution in [2.45, 2.75) is 51.1 Å². The van der Waals surface area contributed by atoms with Crippen molar-refractivity contribution in [2.75, 3.05) is 29.3 Å². The van der Waals surface area contributed by atoms with Gasteiger partial charge < -0.3 is 25.0 Å². The van der Waals surface area contributed by atoms with Crippen LogP contribution in [0.1, 0.15) is 39.0 Å². The van der Waals surface area contributed by atoms with Crippen LogP contribution in [0.3, 0.4) is 0 Å². The van der Waals surface area contributed by atoms with Gasteiger partial charge in [-0.3, -0.25) is 4.79 Å². The second-order valence-electron chi connectivity index (χ2n) is 7.58. The number of benzene rings is 1. The summed E-state index contributed by atoms with van der Waals surface area (Å²) < 4.78 is 5.34. The Hall–Kier alpha value is -3.03. The minimum Gasteiger partial charge on any atom is -0.508 e. The van der Waals surface area contributed by atoms with Gasteiger partial charge in [0.05, 0.1) is 19.0 Å². The molecule has 0 saturated heterocycles. The molecule has 1 saturated carbocycles. The molecule has 1 aromatic carbocycles. The molecule has 1 fully saturated rings. The van der Waals surface area contributed by atoms with Crippen molar-refractivity contribution in [3.8, 4) is 11.5 Å². The molecule has 8 heteroatoms. The van der Waals surface area contributed by atoms with Gasteiger partial charge in [-0.05, 0) is 31.4 Å². The summed E-state index contributed by atoms with van der Waals surface area (Å²) in [4.78, 5) is 26.1. The van der Waals surface area contributed by atoms with E-state index in [4.69, 9.17) is 9.72 Å². The summed E-state index contributed by atoms with van der Waals surface area (Å²) in [6, 6.07) is 4.94. The van der Waals surface area contributed by atoms with Gasteiger partial charge in [-0.15, -0.1) is 0 Å². The molecular weight excluding hydrogens is 370 g/mol. The highest BCUT2D eigenvalue weighted by molar-refractivity contribution is 6.04. The molecule has 1 aliphatic carbocycles. The monoisotopic (exact) mass is 397 g/mol. The number of carbonyl (C=O) groups is 1. The number of ether oxygens (including phenoxy) is 1. The van der Waals surface area contributed by atoms with Gasteiger partial charge in [-0.2, -0.15) is 4.98 Å². The van der Waals surface area contributed by atoms with Crippen molar-refractivity contribution in [3.05, 3.63) is 24.4 Å². The van der Waals surface area contributed by atoms with Gasteiger partial charge in [-0.25, -0.2) is 4.98 Å². The number of amides is 1. The first-order valence-electron chi connectivity index (χ1n) is 10.1. The maximum absolute atomic E-state index is 13.0. The van der Waals surface area contributed by atoms with Gasteiger partial charge in [0.15, 0.2) is 5.82 Å². The lowest BCUT2D eigenvalue weighted by Crippen LogP contribution is -2.55. The van der Waals surface area contributed by atoms with Crippen molar-refractivity contribution in [1.82, 2.24) is 9.97 Å². The molecule has 1 amide bonds. The quantitative estimate of drug-likeness (QED) is 0.747. The number of nitrogens with zero attached hydrogens (tertiary/aromatic N) is 4. The van der Waals surface area contributed by atoms with Crippen molar-refractivity contribution >= 4 is 29.0 Å². The molecule has 2 N–H and O–H groups in total. The topological polar surface area (TPSA) is 90.8 Å². The zero-order chi connectivity index (χ0) is 20.5. The number of rotatable bonds is 5. The predicted molar refractivity (Wildman–Crippen MR) is 112 cm³/mol. The summed E-state index contributed by atoms with van der Waals surface area (Å²) in [5.74, 6) is 1.93. The fourth-order valence-electron chi connectivity index (χ4n) is 4.35. The van der Waals surface area contributed by atoms with Gasteiger partial charge in [-0.1, -0.05) is 19.8 Å². The Balaban J connectivity index is 1.74. The lowest BCUT2D eigenvalue weighted by molar-refractivity contribution is -0.120. The maximum Gasteiger partial charge on any atom is 0.249 e. The molecule has 1 atom stereocenters. The molecule has 4 rings (SSSR count). The number of phenolic OH excluding ortho intramolecular Hbond substituents is 1. The fraction of sp³-hybridized carbons (Fsp3) is 0.476. The van der Waals surface area contributed by atoms with E-state index in [1.165, 1.54) is 18.9 Å². The number of nitrogens with one attached hydrogen (secondary N) is 1. The third-order valence-corrected chi connectivity index (χ3v) is 5.84. The number of fused-ring (bicyclic) bond motifs is 1. The van der Waals surface area contributed by atoms with Gasteiger partial charge in [0, 0.05) is 19.2 Å². The first-order valence-corrected chi connectivity index (χ1v) is 10.1. The smallest absolute Gasteiger partial charge is 0.249 e. The predicted octanol–water partition coefficient (Wildman–Crippen LogP) is 3.44. The van der Waals surface area contributed by atoms with Crippen molar-refractivity contribution in [1.29, 1.82) is 0 Å². The largest absolute Gasteiger partial charge is 0.508 e. The third kappa shape index (κ3) is 3.43. The van der Waals surface area contributed by atoms with Crippen LogP contribution in [-0.2, 0) is 4.79 Å². The lowest BCUT2D eigenvalue weighted by atomic mass is 10.0. The molecule has 8 nitrogen and oxygen atoms in total. The zero-order valence-corrected chi connectivity index (χ0v) is 17.1. The summed E-state index contributed by atoms with van der Waals surface area (Å²) in [6.45, 7) is 2.05. The van der Waals surface area contributed by atoms with Crippen LogP contribution in [0.2, 0.25) is 0 Å². The second-order valence-corrected chi connectivity index (χ2v) is 7.58. The highest BCUT2D eigenvalue weighted by Gasteiger charge is 2.41. The number of hydrogen-bond donors (Lipinski definition) is 2. The molecular formula is C21H27N5O3. The minimum atomic E-state index is -0.207. The van der Waals surface area contributed by atoms with E-state index in [-0.39, 0.29) is 17.7 Å². The molecule has 0 radical (unpaired) electrons. The molecule has 0 unspecified atom stereocenters. The SMILES string of the molecule is CC[C@@H]1C(=O)N(C)c2cnc(Nc3ccc(O)cc3OC)nc2N1C1CCCC1. The Morgan fingerprint density at radius 1 is 1.31 bits per heavy atom. The van der Waals surface area contributed by atoms with Gasteiger partial charge >= 0.3 is 0 Å². The number of aromatic nitrogens is 2. The van der Waals surface area contributed by atoms with E-state index in [1.54, 1.807) is 37.4 Å². The highest BCUT2D eigenvalue weighted by Crippen LogP contribution is 2.40. The van der Waals surface area contributed by atoms with Crippen LogP contribution in [0.4, 0.5) is 23.1 Å². The average molecular weight is 397 g/mol. The van der Waals surface area contributed by atoms with Crippen LogP contribution in [0, 0.1) is 0 Å². The first kappa shape index (κ1) is 19.3. The maximum atomic E-state index is 13.0. The van der Waals surface area contributed by atoms with Crippen molar-refractivity contribution in [3.63, 3.8) is 0 Å². The van der Waals surface area contributed by atoms with E-state index in [1.807, 2.05) is 6.92 Å². The molecule has 0 bridgehead atoms. The molecule has 154 valence electrons. The number of hydrogen-bond acceptors (Lipinski definition) is 7. The number of carbonyl (C=O) groups excluding carboxylic acids is 1. The molecule has 29 heavy (non-hydrogen) atoms. The van der Waals surface area contributed by atoms with Crippen LogP contribution < -0.4 is 19.9 Å². The van der Waals surface area contributed by atoms with Crippen LogP contribution in [0.25, 0.3) is 0 Å². The second kappa shape index (κ2) is 7.77. The van der Waals surface area contributed by atoms with E-state index in [0.29, 0.717) is 23.4 Å². The lowest BCUT2D eigenvalue weighted by Gasteiger charge is -2.43. The number of phenols is 1. The van der Waals surface area contributed by atoms with Crippen LogP contribution in [0.5, 0.6) is 11.5 Å². The van der Waals surface area contributed by atoms with Gasteiger partial charge in [0.25, 0.3) is 0 Å². The van der Waals surface area contributed by atoms with Crippen molar-refractivity contribution in [2.24, 2.45) is 0 Å². The molecule has 2 aromatic rings. The molecule has 1 aliphatic heterocycles. The summed E-state index contributed by atoms with van der Waals surface area (Å²) in [5.41, 5.74) is 1.39. The van der Waals surface area contributed by atoms with Crippen LogP contribution in [0.15, 0.2) is 24.4 Å². The van der Waals surface area contributed by atoms with E-state index in [2.05, 4.69) is 15.2 Å². The van der Waals surface area contributed by atoms with Crippen molar-refractivity contribution < 1.29 is 14.6 Å². The normalized spacial score (nSPS) is 19.4. The number of methoxy groups -OCH3 is 1. The summed E-state index contributed by atoms with van der Waals surface area (Å²) in [5, 5.41) is 12.9. The molecule has 0 spiro atoms. The van der Waals surface area contributed by atoms with E-state index < -0.39 is 0 Å². The number of likely N-dealkylation sites (N-methyl/N-ethyl adjacent to an activating group) is 1. The minimum absolute atomic E-state index is 0.0939. The standard InChI is InChI=1S/C21H27N5O3/c1-4-16-20(28)25(2)17-12-22-21(23-15-10-9-14(27)11-18(15)29-3)24-19(17)26(16)13-7-5-6-8-13/h9-13,16,27H,4-8H2,1-3H3,(H,22,23,24)/t16-/m1/s1. The van der Waals surface area contributed by atoms with E-state index in [9.17, 15) is 9.90 Å². The molecule has 1 aromatic heterocycles. The van der Waals surface area contributed by atoms with Crippen LogP contribution >= 0.6 is 0 Å². The average Bonchev–Trinajstić information content (AvgIpc) is 3.26. The van der Waals surface area contributed by atoms with Crippen LogP contribution in [-0.4, -0.2) is 47.2 Å². The Kier molecular flexibility index (Phi) is 5.17. The van der Waals surface area contributed by atoms with Gasteiger partial charge in [0.2, 0.25) is 11.9 Å².